The highest BCUT2D eigenvalue weighted by Crippen LogP contribution is 2.15. The zero-order chi connectivity index (χ0) is 12.5. The predicted molar refractivity (Wildman–Crippen MR) is 67.8 cm³/mol. The Morgan fingerprint density at radius 1 is 1.44 bits per heavy atom. The van der Waals surface area contributed by atoms with E-state index in [0.29, 0.717) is 13.1 Å². The average Bonchev–Trinajstić information content (AvgIpc) is 2.95. The topological polar surface area (TPSA) is 87.0 Å². The highest BCUT2D eigenvalue weighted by atomic mass is 16.2. The van der Waals surface area contributed by atoms with E-state index in [0.717, 1.165) is 35.5 Å². The van der Waals surface area contributed by atoms with Gasteiger partial charge in [0, 0.05) is 19.6 Å². The minimum Gasteiger partial charge on any atom is -0.341 e. The van der Waals surface area contributed by atoms with Crippen LogP contribution >= 0.6 is 0 Å². The number of nitrogens with one attached hydrogen (secondary N) is 2. The molecule has 1 aliphatic rings. The zero-order valence-corrected chi connectivity index (χ0v) is 9.94. The fraction of sp³-hybridized carbons (Fsp3) is 0.333. The van der Waals surface area contributed by atoms with Crippen LogP contribution in [-0.2, 0) is 13.1 Å². The molecule has 2 heterocycles. The summed E-state index contributed by atoms with van der Waals surface area (Å²) in [5.41, 5.74) is 8.51. The summed E-state index contributed by atoms with van der Waals surface area (Å²) in [5.74, 6) is 0.779. The Bertz CT molecular complexity index is 591. The van der Waals surface area contributed by atoms with Crippen LogP contribution in [0, 0.1) is 0 Å². The SMILES string of the molecule is NCc1nc2ccc(CN3CCNC3=O)cc2[nH]1. The van der Waals surface area contributed by atoms with Crippen molar-refractivity contribution in [3.8, 4) is 0 Å². The van der Waals surface area contributed by atoms with Gasteiger partial charge in [0.15, 0.2) is 0 Å². The van der Waals surface area contributed by atoms with Crippen molar-refractivity contribution in [2.45, 2.75) is 13.1 Å². The Balaban J connectivity index is 1.86. The molecule has 0 bridgehead atoms. The molecule has 1 fully saturated rings. The molecule has 0 saturated carbocycles. The second kappa shape index (κ2) is 4.30. The number of carbonyl (C=O) groups is 1. The zero-order valence-electron chi connectivity index (χ0n) is 9.94. The Morgan fingerprint density at radius 3 is 3.06 bits per heavy atom. The molecule has 0 spiro atoms. The van der Waals surface area contributed by atoms with Gasteiger partial charge < -0.3 is 20.9 Å². The molecule has 4 N–H and O–H groups in total. The fourth-order valence-electron chi connectivity index (χ4n) is 2.19. The molecule has 6 nitrogen and oxygen atoms in total. The lowest BCUT2D eigenvalue weighted by molar-refractivity contribution is 0.215. The quantitative estimate of drug-likeness (QED) is 0.738. The summed E-state index contributed by atoms with van der Waals surface area (Å²) in [6.07, 6.45) is 0. The average molecular weight is 245 g/mol. The summed E-state index contributed by atoms with van der Waals surface area (Å²) >= 11 is 0. The third-order valence-corrected chi connectivity index (χ3v) is 3.11. The van der Waals surface area contributed by atoms with Gasteiger partial charge in [0.05, 0.1) is 17.6 Å². The molecule has 6 heteroatoms. The van der Waals surface area contributed by atoms with Crippen molar-refractivity contribution in [2.24, 2.45) is 5.73 Å². The third-order valence-electron chi connectivity index (χ3n) is 3.11. The number of aromatic nitrogens is 2. The maximum Gasteiger partial charge on any atom is 0.317 e. The van der Waals surface area contributed by atoms with Crippen LogP contribution < -0.4 is 11.1 Å². The highest BCUT2D eigenvalue weighted by Gasteiger charge is 2.19. The van der Waals surface area contributed by atoms with Crippen molar-refractivity contribution in [1.82, 2.24) is 20.2 Å². The van der Waals surface area contributed by atoms with E-state index in [4.69, 9.17) is 5.73 Å². The molecule has 3 rings (SSSR count). The largest absolute Gasteiger partial charge is 0.341 e. The minimum atomic E-state index is 0.00218. The lowest BCUT2D eigenvalue weighted by Gasteiger charge is -2.13. The van der Waals surface area contributed by atoms with Gasteiger partial charge in [-0.05, 0) is 17.7 Å². The molecule has 2 amide bonds. The summed E-state index contributed by atoms with van der Waals surface area (Å²) < 4.78 is 0. The molecule has 1 aromatic heterocycles. The fourth-order valence-corrected chi connectivity index (χ4v) is 2.19. The van der Waals surface area contributed by atoms with Crippen LogP contribution in [0.3, 0.4) is 0 Å². The third kappa shape index (κ3) is 1.91. The van der Waals surface area contributed by atoms with Gasteiger partial charge in [0.2, 0.25) is 0 Å². The van der Waals surface area contributed by atoms with Crippen molar-refractivity contribution in [1.29, 1.82) is 0 Å². The number of aromatic amines is 1. The molecular formula is C12H15N5O. The maximum absolute atomic E-state index is 11.5. The smallest absolute Gasteiger partial charge is 0.317 e. The first kappa shape index (κ1) is 11.0. The van der Waals surface area contributed by atoms with Crippen LogP contribution in [0.25, 0.3) is 11.0 Å². The lowest BCUT2D eigenvalue weighted by atomic mass is 10.2. The number of nitrogens with two attached hydrogens (primary N) is 1. The summed E-state index contributed by atoms with van der Waals surface area (Å²) in [7, 11) is 0. The van der Waals surface area contributed by atoms with Crippen LogP contribution in [0.4, 0.5) is 4.79 Å². The van der Waals surface area contributed by atoms with Gasteiger partial charge in [0.1, 0.15) is 5.82 Å². The highest BCUT2D eigenvalue weighted by molar-refractivity contribution is 5.77. The summed E-state index contributed by atoms with van der Waals surface area (Å²) in [6, 6.07) is 5.97. The Labute approximate surface area is 104 Å². The second-order valence-corrected chi connectivity index (χ2v) is 4.39. The number of imidazole rings is 1. The van der Waals surface area contributed by atoms with Gasteiger partial charge in [-0.1, -0.05) is 6.07 Å². The Hall–Kier alpha value is -2.08. The van der Waals surface area contributed by atoms with Crippen molar-refractivity contribution >= 4 is 17.1 Å². The number of hydrogen-bond donors (Lipinski definition) is 3. The van der Waals surface area contributed by atoms with Crippen molar-refractivity contribution in [3.63, 3.8) is 0 Å². The molecule has 0 radical (unpaired) electrons. The van der Waals surface area contributed by atoms with Gasteiger partial charge in [-0.2, -0.15) is 0 Å². The number of nitrogens with zero attached hydrogens (tertiary/aromatic N) is 2. The van der Waals surface area contributed by atoms with Crippen LogP contribution in [-0.4, -0.2) is 34.0 Å². The number of carbonyl (C=O) groups excluding carboxylic acids is 1. The van der Waals surface area contributed by atoms with Gasteiger partial charge in [-0.3, -0.25) is 0 Å². The number of urea groups is 1. The molecule has 2 aromatic rings. The van der Waals surface area contributed by atoms with E-state index < -0.39 is 0 Å². The molecule has 18 heavy (non-hydrogen) atoms. The molecule has 0 aliphatic carbocycles. The lowest BCUT2D eigenvalue weighted by Crippen LogP contribution is -2.27. The number of amides is 2. The number of fused-ring (bicyclic) bond motifs is 1. The Morgan fingerprint density at radius 2 is 2.33 bits per heavy atom. The molecule has 0 atom stereocenters. The first-order valence-electron chi connectivity index (χ1n) is 5.96. The number of hydrogen-bond acceptors (Lipinski definition) is 3. The first-order valence-corrected chi connectivity index (χ1v) is 5.96. The molecule has 94 valence electrons. The maximum atomic E-state index is 11.5. The van der Waals surface area contributed by atoms with E-state index >= 15 is 0 Å². The summed E-state index contributed by atoms with van der Waals surface area (Å²) in [4.78, 5) is 20.8. The summed E-state index contributed by atoms with van der Waals surface area (Å²) in [6.45, 7) is 2.51. The number of rotatable bonds is 3. The molecule has 1 aromatic carbocycles. The van der Waals surface area contributed by atoms with E-state index in [9.17, 15) is 4.79 Å². The monoisotopic (exact) mass is 245 g/mol. The summed E-state index contributed by atoms with van der Waals surface area (Å²) in [5, 5.41) is 2.79. The van der Waals surface area contributed by atoms with E-state index in [2.05, 4.69) is 15.3 Å². The van der Waals surface area contributed by atoms with Crippen molar-refractivity contribution in [3.05, 3.63) is 29.6 Å². The number of H-pyrrole nitrogens is 1. The molecular weight excluding hydrogens is 230 g/mol. The normalized spacial score (nSPS) is 15.4. The molecule has 0 unspecified atom stereocenters. The Kier molecular flexibility index (Phi) is 2.64. The van der Waals surface area contributed by atoms with Gasteiger partial charge >= 0.3 is 6.03 Å². The van der Waals surface area contributed by atoms with E-state index in [1.165, 1.54) is 0 Å². The van der Waals surface area contributed by atoms with Crippen LogP contribution in [0.15, 0.2) is 18.2 Å². The van der Waals surface area contributed by atoms with Crippen LogP contribution in [0.1, 0.15) is 11.4 Å². The van der Waals surface area contributed by atoms with Crippen LogP contribution in [0.2, 0.25) is 0 Å². The second-order valence-electron chi connectivity index (χ2n) is 4.39. The van der Waals surface area contributed by atoms with Gasteiger partial charge in [0.25, 0.3) is 0 Å². The van der Waals surface area contributed by atoms with Crippen LogP contribution in [0.5, 0.6) is 0 Å². The van der Waals surface area contributed by atoms with E-state index in [1.54, 1.807) is 4.90 Å². The van der Waals surface area contributed by atoms with Gasteiger partial charge in [-0.15, -0.1) is 0 Å². The first-order chi connectivity index (χ1) is 8.76. The predicted octanol–water partition coefficient (Wildman–Crippen LogP) is 0.547. The van der Waals surface area contributed by atoms with Crippen molar-refractivity contribution < 1.29 is 4.79 Å². The van der Waals surface area contributed by atoms with Crippen molar-refractivity contribution in [2.75, 3.05) is 13.1 Å². The van der Waals surface area contributed by atoms with E-state index in [-0.39, 0.29) is 6.03 Å². The molecule has 1 saturated heterocycles. The van der Waals surface area contributed by atoms with E-state index in [1.807, 2.05) is 18.2 Å². The minimum absolute atomic E-state index is 0.00218. The standard InChI is InChI=1S/C12H15N5O/c13-6-11-15-9-2-1-8(5-10(9)16-11)7-17-4-3-14-12(17)18/h1-2,5H,3-4,6-7,13H2,(H,14,18)(H,15,16). The number of benzene rings is 1. The molecule has 1 aliphatic heterocycles. The van der Waals surface area contributed by atoms with Gasteiger partial charge in [-0.25, -0.2) is 9.78 Å².